The van der Waals surface area contributed by atoms with Crippen LogP contribution in [0.3, 0.4) is 0 Å². The van der Waals surface area contributed by atoms with Crippen molar-refractivity contribution >= 4 is 5.69 Å². The maximum Gasteiger partial charge on any atom is 0.146 e. The van der Waals surface area contributed by atoms with Gasteiger partial charge in [-0.1, -0.05) is 12.1 Å². The lowest BCUT2D eigenvalue weighted by Crippen LogP contribution is -2.29. The van der Waals surface area contributed by atoms with Gasteiger partial charge in [0.25, 0.3) is 0 Å². The van der Waals surface area contributed by atoms with Crippen molar-refractivity contribution in [3.05, 3.63) is 30.1 Å². The van der Waals surface area contributed by atoms with Crippen molar-refractivity contribution in [2.45, 2.75) is 6.42 Å². The number of aliphatic hydroxyl groups excluding tert-OH is 1. The second kappa shape index (κ2) is 6.37. The molecule has 0 saturated carbocycles. The van der Waals surface area contributed by atoms with Crippen molar-refractivity contribution in [3.8, 4) is 0 Å². The van der Waals surface area contributed by atoms with Crippen LogP contribution in [0.25, 0.3) is 0 Å². The van der Waals surface area contributed by atoms with Gasteiger partial charge in [-0.25, -0.2) is 4.39 Å². The van der Waals surface area contributed by atoms with E-state index in [0.717, 1.165) is 6.42 Å². The Morgan fingerprint density at radius 3 is 2.60 bits per heavy atom. The summed E-state index contributed by atoms with van der Waals surface area (Å²) >= 11 is 0. The first-order valence-corrected chi connectivity index (χ1v) is 5.10. The fraction of sp³-hybridized carbons (Fsp3) is 0.455. The van der Waals surface area contributed by atoms with E-state index in [1.165, 1.54) is 6.07 Å². The maximum atomic E-state index is 13.4. The van der Waals surface area contributed by atoms with Crippen LogP contribution in [0.2, 0.25) is 0 Å². The van der Waals surface area contributed by atoms with Crippen LogP contribution in [0, 0.1) is 5.82 Å². The standard InChI is InChI=1S/C11H17FN2O/c12-10-4-1-2-5-11(10)14(8-9-15)7-3-6-13/h1-2,4-5,15H,3,6-9,13H2. The maximum absolute atomic E-state index is 13.4. The Balaban J connectivity index is 2.74. The summed E-state index contributed by atoms with van der Waals surface area (Å²) in [6.07, 6.45) is 0.786. The Hall–Kier alpha value is -1.13. The first-order chi connectivity index (χ1) is 7.29. The zero-order chi connectivity index (χ0) is 11.1. The number of hydrogen-bond donors (Lipinski definition) is 2. The van der Waals surface area contributed by atoms with Crippen LogP contribution >= 0.6 is 0 Å². The highest BCUT2D eigenvalue weighted by Gasteiger charge is 2.09. The molecule has 4 heteroatoms. The van der Waals surface area contributed by atoms with Gasteiger partial charge in [0.2, 0.25) is 0 Å². The number of aliphatic hydroxyl groups is 1. The molecular formula is C11H17FN2O. The quantitative estimate of drug-likeness (QED) is 0.739. The molecule has 1 aromatic carbocycles. The summed E-state index contributed by atoms with van der Waals surface area (Å²) in [6, 6.07) is 6.56. The third-order valence-electron chi connectivity index (χ3n) is 2.20. The summed E-state index contributed by atoms with van der Waals surface area (Å²) in [5, 5.41) is 8.89. The van der Waals surface area contributed by atoms with Gasteiger partial charge in [0.15, 0.2) is 0 Å². The van der Waals surface area contributed by atoms with E-state index in [1.54, 1.807) is 18.2 Å². The van der Waals surface area contributed by atoms with Gasteiger partial charge in [-0.15, -0.1) is 0 Å². The molecule has 0 aliphatic heterocycles. The van der Waals surface area contributed by atoms with E-state index in [1.807, 2.05) is 4.90 Å². The number of anilines is 1. The third kappa shape index (κ3) is 3.49. The number of para-hydroxylation sites is 1. The fourth-order valence-electron chi connectivity index (χ4n) is 1.46. The predicted octanol–water partition coefficient (Wildman–Crippen LogP) is 0.973. The van der Waals surface area contributed by atoms with E-state index in [4.69, 9.17) is 10.8 Å². The molecule has 1 aromatic rings. The second-order valence-corrected chi connectivity index (χ2v) is 3.30. The van der Waals surface area contributed by atoms with Crippen LogP contribution < -0.4 is 10.6 Å². The largest absolute Gasteiger partial charge is 0.395 e. The van der Waals surface area contributed by atoms with E-state index in [9.17, 15) is 4.39 Å². The molecule has 0 aromatic heterocycles. The molecule has 0 spiro atoms. The number of benzene rings is 1. The van der Waals surface area contributed by atoms with Crippen molar-refractivity contribution < 1.29 is 9.50 Å². The van der Waals surface area contributed by atoms with Crippen LogP contribution in [-0.4, -0.2) is 31.3 Å². The lowest BCUT2D eigenvalue weighted by atomic mass is 10.2. The zero-order valence-electron chi connectivity index (χ0n) is 8.69. The van der Waals surface area contributed by atoms with Gasteiger partial charge in [-0.05, 0) is 25.1 Å². The van der Waals surface area contributed by atoms with E-state index in [2.05, 4.69) is 0 Å². The zero-order valence-corrected chi connectivity index (χ0v) is 8.69. The molecule has 0 saturated heterocycles. The smallest absolute Gasteiger partial charge is 0.146 e. The monoisotopic (exact) mass is 212 g/mol. The molecular weight excluding hydrogens is 195 g/mol. The van der Waals surface area contributed by atoms with E-state index in [-0.39, 0.29) is 12.4 Å². The summed E-state index contributed by atoms with van der Waals surface area (Å²) < 4.78 is 13.4. The van der Waals surface area contributed by atoms with Gasteiger partial charge < -0.3 is 15.7 Å². The van der Waals surface area contributed by atoms with Gasteiger partial charge in [0, 0.05) is 13.1 Å². The highest BCUT2D eigenvalue weighted by molar-refractivity contribution is 5.47. The molecule has 0 unspecified atom stereocenters. The molecule has 3 N–H and O–H groups in total. The van der Waals surface area contributed by atoms with Crippen LogP contribution in [0.15, 0.2) is 24.3 Å². The number of hydrogen-bond acceptors (Lipinski definition) is 3. The number of nitrogens with two attached hydrogens (primary N) is 1. The van der Waals surface area contributed by atoms with Crippen molar-refractivity contribution in [2.75, 3.05) is 31.1 Å². The summed E-state index contributed by atoms with van der Waals surface area (Å²) in [4.78, 5) is 1.81. The molecule has 15 heavy (non-hydrogen) atoms. The third-order valence-corrected chi connectivity index (χ3v) is 2.20. The number of halogens is 1. The highest BCUT2D eigenvalue weighted by atomic mass is 19.1. The summed E-state index contributed by atoms with van der Waals surface area (Å²) in [5.41, 5.74) is 5.93. The number of rotatable bonds is 6. The first kappa shape index (κ1) is 11.9. The minimum absolute atomic E-state index is 0.0128. The van der Waals surface area contributed by atoms with E-state index < -0.39 is 0 Å². The lowest BCUT2D eigenvalue weighted by molar-refractivity contribution is 0.301. The Kier molecular flexibility index (Phi) is 5.07. The molecule has 0 aliphatic rings. The van der Waals surface area contributed by atoms with Crippen molar-refractivity contribution in [1.29, 1.82) is 0 Å². The minimum atomic E-state index is -0.261. The lowest BCUT2D eigenvalue weighted by Gasteiger charge is -2.24. The Morgan fingerprint density at radius 1 is 1.27 bits per heavy atom. The predicted molar refractivity (Wildman–Crippen MR) is 59.4 cm³/mol. The van der Waals surface area contributed by atoms with E-state index in [0.29, 0.717) is 25.3 Å². The van der Waals surface area contributed by atoms with Crippen LogP contribution in [0.1, 0.15) is 6.42 Å². The molecule has 0 bridgehead atoms. The molecule has 0 aliphatic carbocycles. The fourth-order valence-corrected chi connectivity index (χ4v) is 1.46. The average molecular weight is 212 g/mol. The summed E-state index contributed by atoms with van der Waals surface area (Å²) in [5.74, 6) is -0.261. The molecule has 0 fully saturated rings. The van der Waals surface area contributed by atoms with Gasteiger partial charge >= 0.3 is 0 Å². The second-order valence-electron chi connectivity index (χ2n) is 3.30. The van der Waals surface area contributed by atoms with E-state index >= 15 is 0 Å². The minimum Gasteiger partial charge on any atom is -0.395 e. The number of nitrogens with zero attached hydrogens (tertiary/aromatic N) is 1. The molecule has 3 nitrogen and oxygen atoms in total. The van der Waals surface area contributed by atoms with Gasteiger partial charge in [-0.2, -0.15) is 0 Å². The highest BCUT2D eigenvalue weighted by Crippen LogP contribution is 2.18. The molecule has 1 rings (SSSR count). The van der Waals surface area contributed by atoms with Crippen molar-refractivity contribution in [1.82, 2.24) is 0 Å². The Labute approximate surface area is 89.3 Å². The average Bonchev–Trinajstić information content (AvgIpc) is 2.25. The van der Waals surface area contributed by atoms with Gasteiger partial charge in [0.05, 0.1) is 12.3 Å². The Morgan fingerprint density at radius 2 is 2.00 bits per heavy atom. The van der Waals surface area contributed by atoms with Gasteiger partial charge in [0.1, 0.15) is 5.82 Å². The molecule has 0 atom stereocenters. The normalized spacial score (nSPS) is 10.3. The first-order valence-electron chi connectivity index (χ1n) is 5.10. The van der Waals surface area contributed by atoms with Crippen LogP contribution in [0.5, 0.6) is 0 Å². The summed E-state index contributed by atoms with van der Waals surface area (Å²) in [6.45, 7) is 1.67. The SMILES string of the molecule is NCCCN(CCO)c1ccccc1F. The molecule has 0 amide bonds. The summed E-state index contributed by atoms with van der Waals surface area (Å²) in [7, 11) is 0. The molecule has 0 radical (unpaired) electrons. The van der Waals surface area contributed by atoms with Crippen molar-refractivity contribution in [3.63, 3.8) is 0 Å². The topological polar surface area (TPSA) is 49.5 Å². The van der Waals surface area contributed by atoms with Crippen molar-refractivity contribution in [2.24, 2.45) is 5.73 Å². The molecule has 0 heterocycles. The van der Waals surface area contributed by atoms with Crippen LogP contribution in [-0.2, 0) is 0 Å². The van der Waals surface area contributed by atoms with Gasteiger partial charge in [-0.3, -0.25) is 0 Å². The Bertz CT molecular complexity index is 294. The van der Waals surface area contributed by atoms with Crippen LogP contribution in [0.4, 0.5) is 10.1 Å². The molecule has 84 valence electrons.